The molecule has 0 bridgehead atoms. The minimum atomic E-state index is -0.493. The molecular weight excluding hydrogens is 372 g/mol. The lowest BCUT2D eigenvalue weighted by Crippen LogP contribution is -2.33. The number of carbonyl (C=O) groups excluding carboxylic acids is 2. The lowest BCUT2D eigenvalue weighted by molar-refractivity contribution is 0.0526. The summed E-state index contributed by atoms with van der Waals surface area (Å²) in [6.45, 7) is 11.0. The van der Waals surface area contributed by atoms with Gasteiger partial charge in [0.25, 0.3) is 0 Å². The summed E-state index contributed by atoms with van der Waals surface area (Å²) in [6, 6.07) is 12.2. The van der Waals surface area contributed by atoms with Crippen molar-refractivity contribution in [2.75, 3.05) is 6.61 Å². The monoisotopic (exact) mass is 398 g/mol. The van der Waals surface area contributed by atoms with E-state index in [4.69, 9.17) is 9.47 Å². The van der Waals surface area contributed by atoms with E-state index in [9.17, 15) is 9.59 Å². The fourth-order valence-electron chi connectivity index (χ4n) is 3.84. The molecule has 0 amide bonds. The number of carbonyl (C=O) groups is 2. The predicted octanol–water partition coefficient (Wildman–Crippen LogP) is 5.63. The lowest BCUT2D eigenvalue weighted by atomic mass is 9.77. The summed E-state index contributed by atoms with van der Waals surface area (Å²) in [7, 11) is 0. The molecule has 1 aliphatic rings. The Morgan fingerprint density at radius 1 is 1.00 bits per heavy atom. The molecule has 0 radical (unpaired) electrons. The zero-order chi connectivity index (χ0) is 20.5. The summed E-state index contributed by atoms with van der Waals surface area (Å²) in [5.41, 5.74) is 1.85. The van der Waals surface area contributed by atoms with Gasteiger partial charge in [-0.3, -0.25) is 0 Å². The first kappa shape index (κ1) is 20.5. The van der Waals surface area contributed by atoms with Crippen LogP contribution in [0.15, 0.2) is 47.4 Å². The lowest BCUT2D eigenvalue weighted by Gasteiger charge is -2.41. The largest absolute Gasteiger partial charge is 0.462 e. The smallest absolute Gasteiger partial charge is 0.343 e. The van der Waals surface area contributed by atoms with Crippen LogP contribution in [0, 0.1) is 0 Å². The van der Waals surface area contributed by atoms with Gasteiger partial charge in [-0.25, -0.2) is 9.59 Å². The second kappa shape index (κ2) is 7.63. The number of fused-ring (bicyclic) bond motifs is 1. The Labute approximate surface area is 170 Å². The highest BCUT2D eigenvalue weighted by Crippen LogP contribution is 2.51. The fraction of sp³-hybridized carbons (Fsp3) is 0.391. The van der Waals surface area contributed by atoms with Crippen molar-refractivity contribution in [3.05, 3.63) is 59.2 Å². The Balaban J connectivity index is 1.83. The number of hydrogen-bond donors (Lipinski definition) is 0. The Morgan fingerprint density at radius 2 is 1.68 bits per heavy atom. The minimum absolute atomic E-state index is 0.00364. The standard InChI is InChI=1S/C23H26O4S/c1-6-26-20(24)15-8-7-9-16(12-15)21(25)27-17-10-11-19-18(13-17)22(2,3)14-23(4,5)28-19/h7-13H,6,14H2,1-5H3. The highest BCUT2D eigenvalue weighted by molar-refractivity contribution is 8.00. The van der Waals surface area contributed by atoms with E-state index < -0.39 is 11.9 Å². The Morgan fingerprint density at radius 3 is 2.36 bits per heavy atom. The molecule has 0 aliphatic carbocycles. The van der Waals surface area contributed by atoms with Gasteiger partial charge in [-0.05, 0) is 60.7 Å². The fourth-order valence-corrected chi connectivity index (χ4v) is 5.45. The number of benzene rings is 2. The van der Waals surface area contributed by atoms with Gasteiger partial charge < -0.3 is 9.47 Å². The molecule has 28 heavy (non-hydrogen) atoms. The summed E-state index contributed by atoms with van der Waals surface area (Å²) >= 11 is 1.86. The highest BCUT2D eigenvalue weighted by atomic mass is 32.2. The van der Waals surface area contributed by atoms with Crippen LogP contribution in [0.4, 0.5) is 0 Å². The maximum absolute atomic E-state index is 12.6. The van der Waals surface area contributed by atoms with Gasteiger partial charge >= 0.3 is 11.9 Å². The van der Waals surface area contributed by atoms with E-state index in [2.05, 4.69) is 27.7 Å². The summed E-state index contributed by atoms with van der Waals surface area (Å²) in [4.78, 5) is 25.7. The van der Waals surface area contributed by atoms with E-state index in [-0.39, 0.29) is 16.8 Å². The van der Waals surface area contributed by atoms with E-state index in [0.29, 0.717) is 16.9 Å². The third-order valence-corrected chi connectivity index (χ3v) is 6.03. The Bertz CT molecular complexity index is 915. The molecule has 0 atom stereocenters. The van der Waals surface area contributed by atoms with Gasteiger partial charge in [0.05, 0.1) is 17.7 Å². The SMILES string of the molecule is CCOC(=O)c1cccc(C(=O)Oc2ccc3c(c2)C(C)(C)CC(C)(C)S3)c1. The van der Waals surface area contributed by atoms with Crippen molar-refractivity contribution >= 4 is 23.7 Å². The first-order valence-corrected chi connectivity index (χ1v) is 10.3. The van der Waals surface area contributed by atoms with Crippen LogP contribution >= 0.6 is 11.8 Å². The molecule has 0 unspecified atom stereocenters. The first-order chi connectivity index (χ1) is 13.1. The molecule has 0 saturated carbocycles. The van der Waals surface area contributed by atoms with Gasteiger partial charge in [-0.1, -0.05) is 33.8 Å². The number of esters is 2. The van der Waals surface area contributed by atoms with Crippen LogP contribution in [0.2, 0.25) is 0 Å². The van der Waals surface area contributed by atoms with Crippen LogP contribution in [0.5, 0.6) is 5.75 Å². The van der Waals surface area contributed by atoms with E-state index >= 15 is 0 Å². The number of hydrogen-bond acceptors (Lipinski definition) is 5. The van der Waals surface area contributed by atoms with Crippen LogP contribution in [-0.4, -0.2) is 23.3 Å². The zero-order valence-corrected chi connectivity index (χ0v) is 17.8. The maximum atomic E-state index is 12.6. The number of thioether (sulfide) groups is 1. The van der Waals surface area contributed by atoms with Gasteiger partial charge in [0.15, 0.2) is 0 Å². The molecule has 0 aromatic heterocycles. The molecule has 0 N–H and O–H groups in total. The zero-order valence-electron chi connectivity index (χ0n) is 17.0. The Kier molecular flexibility index (Phi) is 5.57. The topological polar surface area (TPSA) is 52.6 Å². The molecule has 2 aromatic carbocycles. The molecule has 1 heterocycles. The number of ether oxygens (including phenoxy) is 2. The molecule has 0 fully saturated rings. The average Bonchev–Trinajstić information content (AvgIpc) is 2.61. The van der Waals surface area contributed by atoms with Crippen molar-refractivity contribution in [2.45, 2.75) is 56.1 Å². The molecule has 148 valence electrons. The van der Waals surface area contributed by atoms with Crippen LogP contribution in [0.1, 0.15) is 67.3 Å². The van der Waals surface area contributed by atoms with Gasteiger partial charge in [0.2, 0.25) is 0 Å². The van der Waals surface area contributed by atoms with Crippen molar-refractivity contribution in [1.29, 1.82) is 0 Å². The normalized spacial score (nSPS) is 16.8. The van der Waals surface area contributed by atoms with Crippen molar-refractivity contribution in [3.8, 4) is 5.75 Å². The quantitative estimate of drug-likeness (QED) is 0.493. The van der Waals surface area contributed by atoms with E-state index in [1.807, 2.05) is 30.0 Å². The molecule has 5 heteroatoms. The second-order valence-electron chi connectivity index (χ2n) is 8.27. The molecular formula is C23H26O4S. The van der Waals surface area contributed by atoms with Crippen molar-refractivity contribution in [2.24, 2.45) is 0 Å². The highest BCUT2D eigenvalue weighted by Gasteiger charge is 2.38. The molecule has 0 spiro atoms. The minimum Gasteiger partial charge on any atom is -0.462 e. The molecule has 3 rings (SSSR count). The second-order valence-corrected chi connectivity index (χ2v) is 10.0. The van der Waals surface area contributed by atoms with Crippen LogP contribution in [-0.2, 0) is 10.2 Å². The van der Waals surface area contributed by atoms with Crippen molar-refractivity contribution < 1.29 is 19.1 Å². The van der Waals surface area contributed by atoms with Crippen LogP contribution < -0.4 is 4.74 Å². The van der Waals surface area contributed by atoms with Crippen LogP contribution in [0.25, 0.3) is 0 Å². The van der Waals surface area contributed by atoms with Gasteiger partial charge in [0, 0.05) is 9.64 Å². The van der Waals surface area contributed by atoms with Crippen molar-refractivity contribution in [1.82, 2.24) is 0 Å². The summed E-state index contributed by atoms with van der Waals surface area (Å²) < 4.78 is 10.8. The van der Waals surface area contributed by atoms with Gasteiger partial charge in [-0.15, -0.1) is 11.8 Å². The molecule has 2 aromatic rings. The molecule has 1 aliphatic heterocycles. The predicted molar refractivity (Wildman–Crippen MR) is 111 cm³/mol. The third-order valence-electron chi connectivity index (χ3n) is 4.75. The average molecular weight is 399 g/mol. The van der Waals surface area contributed by atoms with Gasteiger partial charge in [-0.2, -0.15) is 0 Å². The van der Waals surface area contributed by atoms with E-state index in [0.717, 1.165) is 6.42 Å². The number of rotatable bonds is 4. The third kappa shape index (κ3) is 4.41. The van der Waals surface area contributed by atoms with Crippen molar-refractivity contribution in [3.63, 3.8) is 0 Å². The van der Waals surface area contributed by atoms with Crippen LogP contribution in [0.3, 0.4) is 0 Å². The molecule has 4 nitrogen and oxygen atoms in total. The summed E-state index contributed by atoms with van der Waals surface area (Å²) in [6.07, 6.45) is 1.04. The Hall–Kier alpha value is -2.27. The molecule has 0 saturated heterocycles. The van der Waals surface area contributed by atoms with E-state index in [1.54, 1.807) is 25.1 Å². The first-order valence-electron chi connectivity index (χ1n) is 9.44. The van der Waals surface area contributed by atoms with E-state index in [1.165, 1.54) is 16.5 Å². The maximum Gasteiger partial charge on any atom is 0.343 e. The van der Waals surface area contributed by atoms with Gasteiger partial charge in [0.1, 0.15) is 5.75 Å². The summed E-state index contributed by atoms with van der Waals surface area (Å²) in [5.74, 6) is -0.432. The summed E-state index contributed by atoms with van der Waals surface area (Å²) in [5, 5.41) is 0.